The van der Waals surface area contributed by atoms with Crippen molar-refractivity contribution in [2.45, 2.75) is 38.0 Å². The lowest BCUT2D eigenvalue weighted by atomic mass is 9.97. The van der Waals surface area contributed by atoms with Crippen molar-refractivity contribution in [2.75, 3.05) is 40.3 Å². The van der Waals surface area contributed by atoms with Gasteiger partial charge in [-0.1, -0.05) is 54.6 Å². The number of aliphatic hydroxyl groups is 1. The van der Waals surface area contributed by atoms with E-state index in [2.05, 4.69) is 55.1 Å². The van der Waals surface area contributed by atoms with Crippen molar-refractivity contribution in [3.8, 4) is 0 Å². The van der Waals surface area contributed by atoms with Gasteiger partial charge < -0.3 is 19.6 Å². The van der Waals surface area contributed by atoms with Crippen LogP contribution in [0.2, 0.25) is 0 Å². The molecule has 0 amide bonds. The molecule has 1 aliphatic heterocycles. The number of likely N-dealkylation sites (tertiary alicyclic amines) is 1. The van der Waals surface area contributed by atoms with Gasteiger partial charge in [0, 0.05) is 12.6 Å². The summed E-state index contributed by atoms with van der Waals surface area (Å²) >= 11 is 0. The minimum Gasteiger partial charge on any atom is -0.389 e. The highest BCUT2D eigenvalue weighted by molar-refractivity contribution is 5.35. The largest absolute Gasteiger partial charge is 0.389 e. The smallest absolute Gasteiger partial charge is 0.108 e. The molecule has 1 saturated heterocycles. The van der Waals surface area contributed by atoms with E-state index in [1.807, 2.05) is 30.3 Å². The Bertz CT molecular complexity index is 714. The molecule has 28 heavy (non-hydrogen) atoms. The molecule has 1 heterocycles. The number of aliphatic hydroxyl groups excluding tert-OH is 1. The molecule has 2 atom stereocenters. The maximum Gasteiger partial charge on any atom is 0.108 e. The van der Waals surface area contributed by atoms with Gasteiger partial charge in [0.1, 0.15) is 6.10 Å². The molecule has 0 aliphatic carbocycles. The fourth-order valence-corrected chi connectivity index (χ4v) is 4.05. The fourth-order valence-electron chi connectivity index (χ4n) is 4.05. The number of nitrogens with zero attached hydrogens (tertiary/aromatic N) is 2. The Labute approximate surface area is 169 Å². The van der Waals surface area contributed by atoms with Crippen LogP contribution in [0.4, 0.5) is 0 Å². The van der Waals surface area contributed by atoms with Gasteiger partial charge in [0.2, 0.25) is 0 Å². The van der Waals surface area contributed by atoms with Crippen molar-refractivity contribution in [2.24, 2.45) is 0 Å². The molecule has 0 spiro atoms. The first-order chi connectivity index (χ1) is 13.5. The average Bonchev–Trinajstić information content (AvgIpc) is 2.70. The number of benzene rings is 2. The van der Waals surface area contributed by atoms with E-state index in [-0.39, 0.29) is 6.10 Å². The van der Waals surface area contributed by atoms with Crippen molar-refractivity contribution in [1.82, 2.24) is 9.80 Å². The zero-order valence-corrected chi connectivity index (χ0v) is 17.4. The third-order valence-electron chi connectivity index (χ3n) is 5.84. The van der Waals surface area contributed by atoms with Gasteiger partial charge in [-0.2, -0.15) is 0 Å². The van der Waals surface area contributed by atoms with E-state index >= 15 is 0 Å². The van der Waals surface area contributed by atoms with E-state index in [1.165, 1.54) is 5.56 Å². The number of ether oxygens (including phenoxy) is 1. The standard InChI is InChI=1S/C24H34N2O2/c1-19-9-7-8-12-23(19)24(20-10-5-4-6-11-20)28-18-22(27)17-26(3)21-13-15-25(2)16-14-21/h4-12,21-22,24,27H,13-18H2,1-3H3/t22-,24+/m1/s1. The molecule has 2 aromatic rings. The fraction of sp³-hybridized carbons (Fsp3) is 0.500. The minimum atomic E-state index is -0.500. The minimum absolute atomic E-state index is 0.161. The molecule has 2 aromatic carbocycles. The van der Waals surface area contributed by atoms with E-state index in [4.69, 9.17) is 4.74 Å². The second-order valence-electron chi connectivity index (χ2n) is 8.11. The van der Waals surface area contributed by atoms with Gasteiger partial charge in [-0.05, 0) is 63.6 Å². The van der Waals surface area contributed by atoms with Gasteiger partial charge >= 0.3 is 0 Å². The summed E-state index contributed by atoms with van der Waals surface area (Å²) in [6, 6.07) is 19.1. The Kier molecular flexibility index (Phi) is 7.63. The molecule has 0 bridgehead atoms. The number of rotatable bonds is 8. The van der Waals surface area contributed by atoms with Gasteiger partial charge in [0.05, 0.1) is 12.7 Å². The lowest BCUT2D eigenvalue weighted by Crippen LogP contribution is -2.45. The number of aryl methyl sites for hydroxylation is 1. The molecule has 1 fully saturated rings. The monoisotopic (exact) mass is 382 g/mol. The third kappa shape index (κ3) is 5.65. The van der Waals surface area contributed by atoms with Gasteiger partial charge in [0.15, 0.2) is 0 Å². The summed E-state index contributed by atoms with van der Waals surface area (Å²) in [7, 11) is 4.30. The van der Waals surface area contributed by atoms with Gasteiger partial charge in [-0.3, -0.25) is 0 Å². The van der Waals surface area contributed by atoms with Gasteiger partial charge in [-0.15, -0.1) is 0 Å². The first kappa shape index (κ1) is 21.0. The lowest BCUT2D eigenvalue weighted by Gasteiger charge is -2.36. The topological polar surface area (TPSA) is 35.9 Å². The maximum absolute atomic E-state index is 10.6. The van der Waals surface area contributed by atoms with E-state index in [9.17, 15) is 5.11 Å². The Morgan fingerprint density at radius 3 is 2.39 bits per heavy atom. The third-order valence-corrected chi connectivity index (χ3v) is 5.84. The Morgan fingerprint density at radius 2 is 1.71 bits per heavy atom. The zero-order chi connectivity index (χ0) is 19.9. The van der Waals surface area contributed by atoms with Crippen LogP contribution in [0.1, 0.15) is 35.6 Å². The van der Waals surface area contributed by atoms with Crippen LogP contribution in [-0.4, -0.2) is 67.4 Å². The Hall–Kier alpha value is -1.72. The van der Waals surface area contributed by atoms with Crippen LogP contribution >= 0.6 is 0 Å². The van der Waals surface area contributed by atoms with Gasteiger partial charge in [-0.25, -0.2) is 0 Å². The predicted octanol–water partition coefficient (Wildman–Crippen LogP) is 3.49. The second-order valence-corrected chi connectivity index (χ2v) is 8.11. The van der Waals surface area contributed by atoms with Crippen molar-refractivity contribution in [3.63, 3.8) is 0 Å². The quantitative estimate of drug-likeness (QED) is 0.758. The van der Waals surface area contributed by atoms with Crippen LogP contribution in [-0.2, 0) is 4.74 Å². The van der Waals surface area contributed by atoms with E-state index in [1.54, 1.807) is 0 Å². The molecular formula is C24H34N2O2. The highest BCUT2D eigenvalue weighted by Crippen LogP contribution is 2.28. The van der Waals surface area contributed by atoms with Crippen LogP contribution in [0.15, 0.2) is 54.6 Å². The molecule has 0 unspecified atom stereocenters. The highest BCUT2D eigenvalue weighted by Gasteiger charge is 2.23. The summed E-state index contributed by atoms with van der Waals surface area (Å²) in [5.74, 6) is 0. The SMILES string of the molecule is Cc1ccccc1[C@@H](OC[C@H](O)CN(C)C1CCN(C)CC1)c1ccccc1. The van der Waals surface area contributed by atoms with Crippen molar-refractivity contribution >= 4 is 0 Å². The van der Waals surface area contributed by atoms with Crippen LogP contribution in [0.25, 0.3) is 0 Å². The number of hydrogen-bond donors (Lipinski definition) is 1. The second kappa shape index (κ2) is 10.2. The number of hydrogen-bond acceptors (Lipinski definition) is 4. The lowest BCUT2D eigenvalue weighted by molar-refractivity contribution is -0.0136. The summed E-state index contributed by atoms with van der Waals surface area (Å²) in [6.45, 7) is 5.34. The molecule has 1 N–H and O–H groups in total. The molecule has 0 radical (unpaired) electrons. The highest BCUT2D eigenvalue weighted by atomic mass is 16.5. The summed E-state index contributed by atoms with van der Waals surface area (Å²) in [5.41, 5.74) is 3.48. The number of piperidine rings is 1. The van der Waals surface area contributed by atoms with E-state index < -0.39 is 6.10 Å². The van der Waals surface area contributed by atoms with E-state index in [0.29, 0.717) is 19.2 Å². The molecule has 1 aliphatic rings. The predicted molar refractivity (Wildman–Crippen MR) is 115 cm³/mol. The summed E-state index contributed by atoms with van der Waals surface area (Å²) in [5, 5.41) is 10.6. The Morgan fingerprint density at radius 1 is 1.07 bits per heavy atom. The maximum atomic E-state index is 10.6. The zero-order valence-electron chi connectivity index (χ0n) is 17.4. The Balaban J connectivity index is 1.61. The van der Waals surface area contributed by atoms with Crippen molar-refractivity contribution < 1.29 is 9.84 Å². The molecule has 4 nitrogen and oxygen atoms in total. The van der Waals surface area contributed by atoms with Crippen LogP contribution in [0, 0.1) is 6.92 Å². The van der Waals surface area contributed by atoms with E-state index in [0.717, 1.165) is 37.1 Å². The average molecular weight is 383 g/mol. The summed E-state index contributed by atoms with van der Waals surface area (Å²) < 4.78 is 6.28. The number of likely N-dealkylation sites (N-methyl/N-ethyl adjacent to an activating group) is 1. The molecule has 3 rings (SSSR count). The normalized spacial score (nSPS) is 18.3. The first-order valence-electron chi connectivity index (χ1n) is 10.3. The molecule has 152 valence electrons. The van der Waals surface area contributed by atoms with Gasteiger partial charge in [0.25, 0.3) is 0 Å². The molecule has 0 aromatic heterocycles. The molecular weight excluding hydrogens is 348 g/mol. The molecule has 0 saturated carbocycles. The molecule has 4 heteroatoms. The summed E-state index contributed by atoms with van der Waals surface area (Å²) in [4.78, 5) is 4.67. The first-order valence-corrected chi connectivity index (χ1v) is 10.3. The van der Waals surface area contributed by atoms with Crippen LogP contribution in [0.5, 0.6) is 0 Å². The van der Waals surface area contributed by atoms with Crippen molar-refractivity contribution in [3.05, 3.63) is 71.3 Å². The van der Waals surface area contributed by atoms with Crippen LogP contribution in [0.3, 0.4) is 0 Å². The van der Waals surface area contributed by atoms with Crippen LogP contribution < -0.4 is 0 Å². The summed E-state index contributed by atoms with van der Waals surface area (Å²) in [6.07, 6.45) is 1.66. The van der Waals surface area contributed by atoms with Crippen molar-refractivity contribution in [1.29, 1.82) is 0 Å².